The molecule has 1 unspecified atom stereocenters. The molecule has 0 radical (unpaired) electrons. The van der Waals surface area contributed by atoms with E-state index < -0.39 is 5.82 Å². The summed E-state index contributed by atoms with van der Waals surface area (Å²) in [5.41, 5.74) is 1.89. The van der Waals surface area contributed by atoms with Crippen LogP contribution in [0.1, 0.15) is 47.9 Å². The summed E-state index contributed by atoms with van der Waals surface area (Å²) in [5, 5.41) is 8.27. The molecule has 30 heavy (non-hydrogen) atoms. The van der Waals surface area contributed by atoms with E-state index in [0.29, 0.717) is 41.3 Å². The van der Waals surface area contributed by atoms with Gasteiger partial charge in [-0.2, -0.15) is 10.1 Å². The molecular weight excluding hydrogens is 389 g/mol. The molecule has 1 aliphatic heterocycles. The first-order valence-corrected chi connectivity index (χ1v) is 9.86. The highest BCUT2D eigenvalue weighted by molar-refractivity contribution is 6.05. The number of likely N-dealkylation sites (tertiary alicyclic amines) is 1. The first-order chi connectivity index (χ1) is 14.6. The quantitative estimate of drug-likeness (QED) is 0.557. The number of H-pyrrole nitrogens is 1. The Hall–Kier alpha value is -3.56. The number of rotatable bonds is 3. The van der Waals surface area contributed by atoms with Gasteiger partial charge in [-0.1, -0.05) is 18.0 Å². The van der Waals surface area contributed by atoms with Gasteiger partial charge >= 0.3 is 0 Å². The second-order valence-electron chi connectivity index (χ2n) is 7.48. The van der Waals surface area contributed by atoms with Crippen molar-refractivity contribution >= 4 is 16.9 Å². The lowest BCUT2D eigenvalue weighted by Crippen LogP contribution is -2.35. The van der Waals surface area contributed by atoms with Crippen molar-refractivity contribution < 1.29 is 13.7 Å². The van der Waals surface area contributed by atoms with Gasteiger partial charge in [-0.3, -0.25) is 9.48 Å². The van der Waals surface area contributed by atoms with E-state index in [4.69, 9.17) is 4.52 Å². The van der Waals surface area contributed by atoms with E-state index in [0.717, 1.165) is 19.3 Å². The maximum Gasteiger partial charge on any atom is 0.261 e. The van der Waals surface area contributed by atoms with E-state index in [1.165, 1.54) is 18.5 Å². The Bertz CT molecular complexity index is 1210. The second kappa shape index (κ2) is 7.36. The van der Waals surface area contributed by atoms with E-state index in [9.17, 15) is 9.18 Å². The molecule has 1 aromatic carbocycles. The van der Waals surface area contributed by atoms with Gasteiger partial charge in [0.1, 0.15) is 11.3 Å². The normalized spacial score (nSPS) is 17.4. The highest BCUT2D eigenvalue weighted by Crippen LogP contribution is 2.32. The van der Waals surface area contributed by atoms with Crippen LogP contribution in [0.25, 0.3) is 22.5 Å². The van der Waals surface area contributed by atoms with Crippen molar-refractivity contribution in [1.29, 1.82) is 0 Å². The van der Waals surface area contributed by atoms with Crippen LogP contribution >= 0.6 is 0 Å². The summed E-state index contributed by atoms with van der Waals surface area (Å²) in [6, 6.07) is 2.22. The van der Waals surface area contributed by atoms with Gasteiger partial charge < -0.3 is 14.4 Å². The molecule has 0 saturated carbocycles. The topological polar surface area (TPSA) is 106 Å². The van der Waals surface area contributed by atoms with Crippen LogP contribution in [0.3, 0.4) is 0 Å². The molecule has 4 heterocycles. The summed E-state index contributed by atoms with van der Waals surface area (Å²) < 4.78 is 21.2. The molecular formula is C20H20FN7O2. The van der Waals surface area contributed by atoms with E-state index >= 15 is 0 Å². The number of benzene rings is 1. The molecule has 1 aliphatic rings. The van der Waals surface area contributed by atoms with E-state index in [-0.39, 0.29) is 17.5 Å². The number of carbonyl (C=O) groups excluding carboxylic acids is 1. The molecule has 1 saturated heterocycles. The molecule has 4 aromatic rings. The summed E-state index contributed by atoms with van der Waals surface area (Å²) in [7, 11) is 1.81. The standard InChI is InChI=1S/C20H20FN7O2/c1-27-10-12(9-24-27)19-25-18(26-30-19)16-5-3-2-4-6-28(16)20(29)14-7-13(21)8-15-17(14)23-11-22-15/h7-11,16H,2-6H2,1H3,(H,22,23). The Morgan fingerprint density at radius 1 is 1.30 bits per heavy atom. The molecule has 1 N–H and O–H groups in total. The highest BCUT2D eigenvalue weighted by Gasteiger charge is 2.32. The van der Waals surface area contributed by atoms with Crippen molar-refractivity contribution in [1.82, 2.24) is 34.8 Å². The zero-order chi connectivity index (χ0) is 20.7. The minimum atomic E-state index is -0.486. The number of nitrogens with zero attached hydrogens (tertiary/aromatic N) is 6. The molecule has 10 heteroatoms. The van der Waals surface area contributed by atoms with Gasteiger partial charge in [-0.25, -0.2) is 9.37 Å². The lowest BCUT2D eigenvalue weighted by molar-refractivity contribution is 0.0672. The van der Waals surface area contributed by atoms with Crippen LogP contribution in [-0.2, 0) is 7.05 Å². The van der Waals surface area contributed by atoms with Crippen LogP contribution in [0.15, 0.2) is 35.4 Å². The van der Waals surface area contributed by atoms with Crippen LogP contribution < -0.4 is 0 Å². The third-order valence-electron chi connectivity index (χ3n) is 5.42. The van der Waals surface area contributed by atoms with Crippen molar-refractivity contribution in [2.45, 2.75) is 31.7 Å². The minimum absolute atomic E-state index is 0.231. The number of imidazole rings is 1. The molecule has 9 nitrogen and oxygen atoms in total. The number of nitrogens with one attached hydrogen (secondary N) is 1. The Morgan fingerprint density at radius 2 is 2.20 bits per heavy atom. The zero-order valence-electron chi connectivity index (χ0n) is 16.4. The minimum Gasteiger partial charge on any atom is -0.344 e. The van der Waals surface area contributed by atoms with Gasteiger partial charge in [0.15, 0.2) is 5.82 Å². The fraction of sp³-hybridized carbons (Fsp3) is 0.350. The van der Waals surface area contributed by atoms with E-state index in [1.54, 1.807) is 29.0 Å². The fourth-order valence-electron chi connectivity index (χ4n) is 3.97. The molecule has 3 aromatic heterocycles. The Kier molecular flexibility index (Phi) is 4.53. The summed E-state index contributed by atoms with van der Waals surface area (Å²) in [4.78, 5) is 26.8. The Labute approximate surface area is 170 Å². The maximum absolute atomic E-state index is 14.1. The van der Waals surface area contributed by atoms with Crippen molar-refractivity contribution in [3.63, 3.8) is 0 Å². The number of aromatic nitrogens is 6. The average Bonchev–Trinajstić information content (AvgIpc) is 3.45. The molecule has 0 aliphatic carbocycles. The van der Waals surface area contributed by atoms with Gasteiger partial charge in [0.05, 0.1) is 35.2 Å². The van der Waals surface area contributed by atoms with E-state index in [1.807, 2.05) is 0 Å². The summed E-state index contributed by atoms with van der Waals surface area (Å²) in [6.45, 7) is 0.530. The summed E-state index contributed by atoms with van der Waals surface area (Å²) in [5.74, 6) is 0.0279. The van der Waals surface area contributed by atoms with Crippen LogP contribution in [-0.4, -0.2) is 47.2 Å². The van der Waals surface area contributed by atoms with Crippen LogP contribution in [0.2, 0.25) is 0 Å². The largest absolute Gasteiger partial charge is 0.344 e. The first-order valence-electron chi connectivity index (χ1n) is 9.86. The molecule has 154 valence electrons. The van der Waals surface area contributed by atoms with Gasteiger partial charge in [0, 0.05) is 19.8 Å². The van der Waals surface area contributed by atoms with Gasteiger partial charge in [-0.15, -0.1) is 0 Å². The number of fused-ring (bicyclic) bond motifs is 1. The smallest absolute Gasteiger partial charge is 0.261 e. The fourth-order valence-corrected chi connectivity index (χ4v) is 3.97. The summed E-state index contributed by atoms with van der Waals surface area (Å²) in [6.07, 6.45) is 8.38. The monoisotopic (exact) mass is 409 g/mol. The molecule has 1 atom stereocenters. The summed E-state index contributed by atoms with van der Waals surface area (Å²) >= 11 is 0. The number of hydrogen-bond donors (Lipinski definition) is 1. The van der Waals surface area contributed by atoms with Gasteiger partial charge in [0.25, 0.3) is 11.8 Å². The number of hydrogen-bond acceptors (Lipinski definition) is 6. The number of amides is 1. The average molecular weight is 409 g/mol. The predicted molar refractivity (Wildman–Crippen MR) is 105 cm³/mol. The molecule has 1 fully saturated rings. The second-order valence-corrected chi connectivity index (χ2v) is 7.48. The van der Waals surface area contributed by atoms with Crippen LogP contribution in [0, 0.1) is 5.82 Å². The molecule has 1 amide bonds. The van der Waals surface area contributed by atoms with Crippen molar-refractivity contribution in [2.75, 3.05) is 6.54 Å². The van der Waals surface area contributed by atoms with Crippen molar-refractivity contribution in [3.05, 3.63) is 48.1 Å². The number of aryl methyl sites for hydroxylation is 1. The number of carbonyl (C=O) groups is 1. The SMILES string of the molecule is Cn1cc(-c2nc(C3CCCCCN3C(=O)c3cc(F)cc4[nH]cnc34)no2)cn1. The molecule has 5 rings (SSSR count). The van der Waals surface area contributed by atoms with Gasteiger partial charge in [-0.05, 0) is 25.0 Å². The molecule has 0 spiro atoms. The van der Waals surface area contributed by atoms with Crippen LogP contribution in [0.4, 0.5) is 4.39 Å². The van der Waals surface area contributed by atoms with Gasteiger partial charge in [0.2, 0.25) is 0 Å². The lowest BCUT2D eigenvalue weighted by atomic mass is 10.1. The van der Waals surface area contributed by atoms with Crippen LogP contribution in [0.5, 0.6) is 0 Å². The van der Waals surface area contributed by atoms with Crippen molar-refractivity contribution in [3.8, 4) is 11.5 Å². The maximum atomic E-state index is 14.1. The molecule has 0 bridgehead atoms. The van der Waals surface area contributed by atoms with E-state index in [2.05, 4.69) is 25.2 Å². The predicted octanol–water partition coefficient (Wildman–Crippen LogP) is 3.24. The third-order valence-corrected chi connectivity index (χ3v) is 5.42. The zero-order valence-corrected chi connectivity index (χ0v) is 16.4. The first kappa shape index (κ1) is 18.5. The third kappa shape index (κ3) is 3.23. The lowest BCUT2D eigenvalue weighted by Gasteiger charge is -2.28. The highest BCUT2D eigenvalue weighted by atomic mass is 19.1. The Morgan fingerprint density at radius 3 is 3.03 bits per heavy atom. The Balaban J connectivity index is 1.51. The number of halogens is 1. The number of aromatic amines is 1. The van der Waals surface area contributed by atoms with Crippen molar-refractivity contribution in [2.24, 2.45) is 7.05 Å².